The average Bonchev–Trinajstić information content (AvgIpc) is 3.60. The second-order valence-electron chi connectivity index (χ2n) is 11.5. The van der Waals surface area contributed by atoms with Gasteiger partial charge in [-0.1, -0.05) is 60.2 Å². The van der Waals surface area contributed by atoms with E-state index in [2.05, 4.69) is 74.1 Å². The molecule has 1 unspecified atom stereocenters. The van der Waals surface area contributed by atoms with Gasteiger partial charge in [-0.15, -0.1) is 11.3 Å². The molecule has 7 heteroatoms. The van der Waals surface area contributed by atoms with Crippen LogP contribution < -0.4 is 5.32 Å². The number of ether oxygens (including phenoxy) is 1. The zero-order valence-electron chi connectivity index (χ0n) is 23.3. The van der Waals surface area contributed by atoms with Crippen molar-refractivity contribution in [3.63, 3.8) is 0 Å². The fourth-order valence-electron chi connectivity index (χ4n) is 5.07. The highest BCUT2D eigenvalue weighted by Crippen LogP contribution is 2.38. The Kier molecular flexibility index (Phi) is 8.29. The van der Waals surface area contributed by atoms with E-state index in [0.717, 1.165) is 59.1 Å². The van der Waals surface area contributed by atoms with Gasteiger partial charge in [-0.25, -0.2) is 4.98 Å². The first-order valence-corrected chi connectivity index (χ1v) is 14.7. The molecule has 1 atom stereocenters. The molecule has 6 nitrogen and oxygen atoms in total. The number of rotatable bonds is 8. The van der Waals surface area contributed by atoms with Crippen LogP contribution in [0.3, 0.4) is 0 Å². The molecule has 1 fully saturated rings. The largest absolute Gasteiger partial charge is 0.381 e. The predicted octanol–water partition coefficient (Wildman–Crippen LogP) is 6.61. The molecule has 1 aliphatic heterocycles. The van der Waals surface area contributed by atoms with Crippen LogP contribution in [0.2, 0.25) is 0 Å². The second kappa shape index (κ2) is 11.8. The standard InChI is InChI=1S/C32H38N4O2S/c1-22-10-12-25(13-11-22)29-27(20-34-36(29)32(2,3)4)31-35-28(21-39-31)26(18-23-8-6-5-7-9-23)30(37)33-19-24-14-16-38-17-15-24/h5-13,20-21,24,26H,14-19H2,1-4H3,(H,33,37). The molecule has 0 saturated carbocycles. The van der Waals surface area contributed by atoms with Crippen LogP contribution in [-0.4, -0.2) is 40.4 Å². The molecule has 4 aromatic rings. The number of nitrogens with zero attached hydrogens (tertiary/aromatic N) is 3. The van der Waals surface area contributed by atoms with Crippen molar-refractivity contribution in [3.05, 3.63) is 83.0 Å². The highest BCUT2D eigenvalue weighted by molar-refractivity contribution is 7.13. The molecule has 3 heterocycles. The second-order valence-corrected chi connectivity index (χ2v) is 12.3. The summed E-state index contributed by atoms with van der Waals surface area (Å²) in [7, 11) is 0. The molecule has 1 amide bonds. The minimum atomic E-state index is -0.363. The smallest absolute Gasteiger partial charge is 0.229 e. The van der Waals surface area contributed by atoms with E-state index < -0.39 is 0 Å². The highest BCUT2D eigenvalue weighted by Gasteiger charge is 2.28. The van der Waals surface area contributed by atoms with Crippen LogP contribution in [0.25, 0.3) is 21.8 Å². The Balaban J connectivity index is 1.47. The molecule has 2 aromatic carbocycles. The summed E-state index contributed by atoms with van der Waals surface area (Å²) in [5.74, 6) is 0.135. The van der Waals surface area contributed by atoms with Crippen LogP contribution in [0.1, 0.15) is 56.4 Å². The van der Waals surface area contributed by atoms with E-state index in [4.69, 9.17) is 14.8 Å². The van der Waals surface area contributed by atoms with Gasteiger partial charge < -0.3 is 10.1 Å². The van der Waals surface area contributed by atoms with Gasteiger partial charge in [-0.3, -0.25) is 9.48 Å². The van der Waals surface area contributed by atoms with Crippen molar-refractivity contribution in [3.8, 4) is 21.8 Å². The summed E-state index contributed by atoms with van der Waals surface area (Å²) in [5, 5.41) is 11.0. The number of amides is 1. The Bertz CT molecular complexity index is 1380. The predicted molar refractivity (Wildman–Crippen MR) is 158 cm³/mol. The van der Waals surface area contributed by atoms with Gasteiger partial charge in [-0.05, 0) is 58.4 Å². The zero-order chi connectivity index (χ0) is 27.4. The summed E-state index contributed by atoms with van der Waals surface area (Å²) < 4.78 is 7.57. The number of carbonyl (C=O) groups is 1. The normalized spacial score (nSPS) is 15.3. The summed E-state index contributed by atoms with van der Waals surface area (Å²) in [6.45, 7) is 10.8. The number of aryl methyl sites for hydroxylation is 1. The number of benzene rings is 2. The average molecular weight is 543 g/mol. The highest BCUT2D eigenvalue weighted by atomic mass is 32.1. The van der Waals surface area contributed by atoms with E-state index in [1.165, 1.54) is 5.56 Å². The van der Waals surface area contributed by atoms with Gasteiger partial charge in [0, 0.05) is 30.7 Å². The number of carbonyl (C=O) groups excluding carboxylic acids is 1. The molecule has 0 spiro atoms. The van der Waals surface area contributed by atoms with E-state index in [1.807, 2.05) is 29.8 Å². The summed E-state index contributed by atoms with van der Waals surface area (Å²) >= 11 is 1.58. The van der Waals surface area contributed by atoms with Crippen LogP contribution in [-0.2, 0) is 21.5 Å². The fraction of sp³-hybridized carbons (Fsp3) is 0.406. The van der Waals surface area contributed by atoms with E-state index in [0.29, 0.717) is 18.9 Å². The number of hydrogen-bond donors (Lipinski definition) is 1. The third kappa shape index (κ3) is 6.48. The summed E-state index contributed by atoms with van der Waals surface area (Å²) in [4.78, 5) is 18.7. The molecule has 0 radical (unpaired) electrons. The molecule has 0 bridgehead atoms. The van der Waals surface area contributed by atoms with Gasteiger partial charge in [0.05, 0.1) is 34.6 Å². The van der Waals surface area contributed by atoms with E-state index in [1.54, 1.807) is 11.3 Å². The fourth-order valence-corrected chi connectivity index (χ4v) is 5.96. The molecule has 1 saturated heterocycles. The van der Waals surface area contributed by atoms with E-state index in [9.17, 15) is 4.79 Å². The van der Waals surface area contributed by atoms with Crippen molar-refractivity contribution in [2.24, 2.45) is 5.92 Å². The number of aromatic nitrogens is 3. The third-order valence-electron chi connectivity index (χ3n) is 7.34. The van der Waals surface area contributed by atoms with Crippen molar-refractivity contribution in [1.29, 1.82) is 0 Å². The van der Waals surface area contributed by atoms with Crippen LogP contribution in [0.4, 0.5) is 0 Å². The van der Waals surface area contributed by atoms with Gasteiger partial charge >= 0.3 is 0 Å². The lowest BCUT2D eigenvalue weighted by atomic mass is 9.95. The van der Waals surface area contributed by atoms with E-state index in [-0.39, 0.29) is 17.4 Å². The quantitative estimate of drug-likeness (QED) is 0.272. The van der Waals surface area contributed by atoms with Crippen molar-refractivity contribution in [2.75, 3.05) is 19.8 Å². The Labute approximate surface area is 235 Å². The third-order valence-corrected chi connectivity index (χ3v) is 8.24. The molecular weight excluding hydrogens is 504 g/mol. The first kappa shape index (κ1) is 27.3. The van der Waals surface area contributed by atoms with E-state index >= 15 is 0 Å². The van der Waals surface area contributed by atoms with Crippen molar-refractivity contribution < 1.29 is 9.53 Å². The maximum Gasteiger partial charge on any atom is 0.229 e. The van der Waals surface area contributed by atoms with Crippen molar-refractivity contribution in [2.45, 2.75) is 58.4 Å². The van der Waals surface area contributed by atoms with Crippen molar-refractivity contribution >= 4 is 17.2 Å². The van der Waals surface area contributed by atoms with Gasteiger partial charge in [0.25, 0.3) is 0 Å². The van der Waals surface area contributed by atoms with Gasteiger partial charge in [0.1, 0.15) is 5.01 Å². The Morgan fingerprint density at radius 2 is 1.82 bits per heavy atom. The molecule has 2 aromatic heterocycles. The Morgan fingerprint density at radius 1 is 1.10 bits per heavy atom. The van der Waals surface area contributed by atoms with Crippen LogP contribution in [0.5, 0.6) is 0 Å². The lowest BCUT2D eigenvalue weighted by Gasteiger charge is -2.23. The van der Waals surface area contributed by atoms with Gasteiger partial charge in [-0.2, -0.15) is 5.10 Å². The molecule has 0 aliphatic carbocycles. The molecule has 5 rings (SSSR count). The molecular formula is C32H38N4O2S. The summed E-state index contributed by atoms with van der Waals surface area (Å²) in [6.07, 6.45) is 4.50. The van der Waals surface area contributed by atoms with Crippen molar-refractivity contribution in [1.82, 2.24) is 20.1 Å². The van der Waals surface area contributed by atoms with Gasteiger partial charge in [0.15, 0.2) is 0 Å². The Morgan fingerprint density at radius 3 is 2.51 bits per heavy atom. The van der Waals surface area contributed by atoms with Crippen LogP contribution in [0, 0.1) is 12.8 Å². The minimum Gasteiger partial charge on any atom is -0.381 e. The number of nitrogens with one attached hydrogen (secondary N) is 1. The monoisotopic (exact) mass is 542 g/mol. The maximum atomic E-state index is 13.6. The van der Waals surface area contributed by atoms with Gasteiger partial charge in [0.2, 0.25) is 5.91 Å². The van der Waals surface area contributed by atoms with Crippen LogP contribution in [0.15, 0.2) is 66.2 Å². The SMILES string of the molecule is Cc1ccc(-c2c(-c3nc(C(Cc4ccccc4)C(=O)NCC4CCOCC4)cs3)cnn2C(C)(C)C)cc1. The maximum absolute atomic E-state index is 13.6. The minimum absolute atomic E-state index is 0.0336. The molecule has 39 heavy (non-hydrogen) atoms. The summed E-state index contributed by atoms with van der Waals surface area (Å²) in [6, 6.07) is 18.8. The Hall–Kier alpha value is -3.29. The lowest BCUT2D eigenvalue weighted by molar-refractivity contribution is -0.123. The summed E-state index contributed by atoms with van der Waals surface area (Å²) in [5.41, 5.74) is 6.10. The first-order valence-electron chi connectivity index (χ1n) is 13.8. The topological polar surface area (TPSA) is 69.0 Å². The number of thiazole rings is 1. The lowest BCUT2D eigenvalue weighted by Crippen LogP contribution is -2.36. The first-order chi connectivity index (χ1) is 18.8. The molecule has 1 aliphatic rings. The van der Waals surface area contributed by atoms with Crippen LogP contribution >= 0.6 is 11.3 Å². The zero-order valence-corrected chi connectivity index (χ0v) is 24.1. The number of hydrogen-bond acceptors (Lipinski definition) is 5. The molecule has 204 valence electrons. The molecule has 1 N–H and O–H groups in total.